The van der Waals surface area contributed by atoms with Gasteiger partial charge in [0.25, 0.3) is 15.9 Å². The number of anilines is 1. The normalized spacial score (nSPS) is 11.0. The molecule has 3 N–H and O–H groups in total. The van der Waals surface area contributed by atoms with Crippen molar-refractivity contribution < 1.29 is 22.3 Å². The molecule has 2 aromatic carbocycles. The first-order valence-corrected chi connectivity index (χ1v) is 7.65. The number of ether oxygens (including phenoxy) is 1. The Balaban J connectivity index is 2.09. The highest BCUT2D eigenvalue weighted by atomic mass is 32.2. The van der Waals surface area contributed by atoms with Gasteiger partial charge in [0.05, 0.1) is 4.90 Å². The molecule has 22 heavy (non-hydrogen) atoms. The van der Waals surface area contributed by atoms with Crippen LogP contribution in [-0.2, 0) is 14.8 Å². The fraction of sp³-hybridized carbons (Fsp3) is 0.0714. The summed E-state index contributed by atoms with van der Waals surface area (Å²) in [4.78, 5) is 10.5. The summed E-state index contributed by atoms with van der Waals surface area (Å²) in [5.74, 6) is -0.750. The summed E-state index contributed by atoms with van der Waals surface area (Å²) in [7, 11) is -3.80. The summed E-state index contributed by atoms with van der Waals surface area (Å²) < 4.78 is 44.4. The molecule has 0 spiro atoms. The van der Waals surface area contributed by atoms with Crippen LogP contribution in [0.1, 0.15) is 0 Å². The van der Waals surface area contributed by atoms with Crippen LogP contribution in [0.25, 0.3) is 0 Å². The minimum atomic E-state index is -3.80. The van der Waals surface area contributed by atoms with Crippen molar-refractivity contribution in [3.05, 3.63) is 54.3 Å². The van der Waals surface area contributed by atoms with Gasteiger partial charge in [-0.2, -0.15) is 0 Å². The lowest BCUT2D eigenvalue weighted by Crippen LogP contribution is -2.20. The van der Waals surface area contributed by atoms with Gasteiger partial charge in [-0.3, -0.25) is 9.52 Å². The molecule has 0 saturated carbocycles. The molecule has 0 fully saturated rings. The van der Waals surface area contributed by atoms with E-state index in [4.69, 9.17) is 10.5 Å². The summed E-state index contributed by atoms with van der Waals surface area (Å²) in [6, 6.07) is 10.4. The van der Waals surface area contributed by atoms with Crippen LogP contribution in [0, 0.1) is 5.82 Å². The van der Waals surface area contributed by atoms with Crippen LogP contribution in [0.2, 0.25) is 0 Å². The van der Waals surface area contributed by atoms with Gasteiger partial charge in [0.2, 0.25) is 0 Å². The summed E-state index contributed by atoms with van der Waals surface area (Å²) in [5, 5.41) is 0. The molecule has 1 amide bonds. The highest BCUT2D eigenvalue weighted by molar-refractivity contribution is 7.92. The zero-order chi connectivity index (χ0) is 16.2. The first-order valence-electron chi connectivity index (χ1n) is 6.16. The molecular formula is C14H13FN2O4S. The summed E-state index contributed by atoms with van der Waals surface area (Å²) in [6.07, 6.45) is 0. The monoisotopic (exact) mass is 324 g/mol. The van der Waals surface area contributed by atoms with E-state index in [1.54, 1.807) is 0 Å². The SMILES string of the molecule is NC(=O)COc1ccc(NS(=O)(=O)c2ccc(F)cc2)cc1. The number of hydrogen-bond donors (Lipinski definition) is 2. The largest absolute Gasteiger partial charge is 0.484 e. The molecule has 0 atom stereocenters. The maximum absolute atomic E-state index is 12.8. The molecule has 0 unspecified atom stereocenters. The minimum Gasteiger partial charge on any atom is -0.484 e. The van der Waals surface area contributed by atoms with Gasteiger partial charge in [0.1, 0.15) is 11.6 Å². The first-order chi connectivity index (χ1) is 10.4. The summed E-state index contributed by atoms with van der Waals surface area (Å²) >= 11 is 0. The molecule has 8 heteroatoms. The Kier molecular flexibility index (Phi) is 4.62. The van der Waals surface area contributed by atoms with Crippen LogP contribution in [0.5, 0.6) is 5.75 Å². The third-order valence-corrected chi connectivity index (χ3v) is 4.01. The number of carbonyl (C=O) groups is 1. The molecule has 0 aliphatic heterocycles. The fourth-order valence-electron chi connectivity index (χ4n) is 1.60. The minimum absolute atomic E-state index is 0.0528. The van der Waals surface area contributed by atoms with Gasteiger partial charge in [-0.05, 0) is 48.5 Å². The van der Waals surface area contributed by atoms with E-state index in [1.807, 2.05) is 0 Å². The van der Waals surface area contributed by atoms with Gasteiger partial charge in [0, 0.05) is 5.69 Å². The second kappa shape index (κ2) is 6.44. The van der Waals surface area contributed by atoms with Gasteiger partial charge in [-0.25, -0.2) is 12.8 Å². The van der Waals surface area contributed by atoms with E-state index in [0.29, 0.717) is 11.4 Å². The van der Waals surface area contributed by atoms with Crippen molar-refractivity contribution in [3.63, 3.8) is 0 Å². The number of hydrogen-bond acceptors (Lipinski definition) is 4. The van der Waals surface area contributed by atoms with E-state index in [0.717, 1.165) is 12.1 Å². The smallest absolute Gasteiger partial charge is 0.261 e. The first kappa shape index (κ1) is 15.8. The molecule has 6 nitrogen and oxygen atoms in total. The Morgan fingerprint density at radius 3 is 2.23 bits per heavy atom. The lowest BCUT2D eigenvalue weighted by Gasteiger charge is -2.09. The highest BCUT2D eigenvalue weighted by Crippen LogP contribution is 2.19. The number of rotatable bonds is 6. The number of carbonyl (C=O) groups excluding carboxylic acids is 1. The molecule has 0 radical (unpaired) electrons. The molecule has 0 aliphatic carbocycles. The Labute approximate surface area is 126 Å². The molecule has 0 aromatic heterocycles. The van der Waals surface area contributed by atoms with E-state index in [9.17, 15) is 17.6 Å². The number of amides is 1. The molecule has 0 heterocycles. The summed E-state index contributed by atoms with van der Waals surface area (Å²) in [5.41, 5.74) is 5.25. The molecule has 116 valence electrons. The molecule has 2 aromatic rings. The van der Waals surface area contributed by atoms with Crippen LogP contribution in [0.15, 0.2) is 53.4 Å². The van der Waals surface area contributed by atoms with E-state index in [-0.39, 0.29) is 11.5 Å². The maximum atomic E-state index is 12.8. The van der Waals surface area contributed by atoms with Crippen LogP contribution in [-0.4, -0.2) is 20.9 Å². The topological polar surface area (TPSA) is 98.5 Å². The second-order valence-electron chi connectivity index (χ2n) is 4.34. The number of nitrogens with one attached hydrogen (secondary N) is 1. The van der Waals surface area contributed by atoms with Crippen LogP contribution in [0.4, 0.5) is 10.1 Å². The zero-order valence-electron chi connectivity index (χ0n) is 11.3. The highest BCUT2D eigenvalue weighted by Gasteiger charge is 2.14. The predicted molar refractivity (Wildman–Crippen MR) is 78.3 cm³/mol. The van der Waals surface area contributed by atoms with Gasteiger partial charge in [-0.15, -0.1) is 0 Å². The van der Waals surface area contributed by atoms with Crippen molar-refractivity contribution in [2.75, 3.05) is 11.3 Å². The van der Waals surface area contributed by atoms with E-state index < -0.39 is 21.7 Å². The second-order valence-corrected chi connectivity index (χ2v) is 6.02. The van der Waals surface area contributed by atoms with Crippen molar-refractivity contribution >= 4 is 21.6 Å². The number of halogens is 1. The standard InChI is InChI=1S/C14H13FN2O4S/c15-10-1-7-13(8-2-10)22(19,20)17-11-3-5-12(6-4-11)21-9-14(16)18/h1-8,17H,9H2,(H2,16,18). The number of nitrogens with two attached hydrogens (primary N) is 1. The lowest BCUT2D eigenvalue weighted by molar-refractivity contribution is -0.119. The Morgan fingerprint density at radius 1 is 1.09 bits per heavy atom. The van der Waals surface area contributed by atoms with Crippen molar-refractivity contribution in [1.82, 2.24) is 0 Å². The van der Waals surface area contributed by atoms with Gasteiger partial charge < -0.3 is 10.5 Å². The van der Waals surface area contributed by atoms with Gasteiger partial charge in [0.15, 0.2) is 6.61 Å². The van der Waals surface area contributed by atoms with E-state index in [2.05, 4.69) is 4.72 Å². The zero-order valence-corrected chi connectivity index (χ0v) is 12.1. The Bertz CT molecular complexity index is 758. The van der Waals surface area contributed by atoms with Crippen molar-refractivity contribution in [2.24, 2.45) is 5.73 Å². The average molecular weight is 324 g/mol. The van der Waals surface area contributed by atoms with Crippen LogP contribution < -0.4 is 15.2 Å². The summed E-state index contributed by atoms with van der Waals surface area (Å²) in [6.45, 7) is -0.263. The number of benzene rings is 2. The fourth-order valence-corrected chi connectivity index (χ4v) is 2.66. The quantitative estimate of drug-likeness (QED) is 0.841. The number of primary amides is 1. The molecule has 0 bridgehead atoms. The van der Waals surface area contributed by atoms with Gasteiger partial charge in [-0.1, -0.05) is 0 Å². The maximum Gasteiger partial charge on any atom is 0.261 e. The molecule has 0 aliphatic rings. The van der Waals surface area contributed by atoms with E-state index in [1.165, 1.54) is 36.4 Å². The Hall–Kier alpha value is -2.61. The van der Waals surface area contributed by atoms with Crippen LogP contribution in [0.3, 0.4) is 0 Å². The van der Waals surface area contributed by atoms with Crippen LogP contribution >= 0.6 is 0 Å². The van der Waals surface area contributed by atoms with Crippen molar-refractivity contribution in [3.8, 4) is 5.75 Å². The van der Waals surface area contributed by atoms with E-state index >= 15 is 0 Å². The van der Waals surface area contributed by atoms with Gasteiger partial charge >= 0.3 is 0 Å². The molecular weight excluding hydrogens is 311 g/mol. The molecule has 0 saturated heterocycles. The third-order valence-electron chi connectivity index (χ3n) is 2.61. The third kappa shape index (κ3) is 4.19. The molecule has 2 rings (SSSR count). The predicted octanol–water partition coefficient (Wildman–Crippen LogP) is 1.49. The lowest BCUT2D eigenvalue weighted by atomic mass is 10.3. The number of sulfonamides is 1. The average Bonchev–Trinajstić information content (AvgIpc) is 2.46. The van der Waals surface area contributed by atoms with Crippen molar-refractivity contribution in [2.45, 2.75) is 4.90 Å². The van der Waals surface area contributed by atoms with Crippen molar-refractivity contribution in [1.29, 1.82) is 0 Å². The Morgan fingerprint density at radius 2 is 1.68 bits per heavy atom.